The molecule has 0 aromatic rings. The molecule has 0 bridgehead atoms. The molecule has 1 heterocycles. The average molecular weight is 255 g/mol. The van der Waals surface area contributed by atoms with Crippen molar-refractivity contribution in [1.82, 2.24) is 4.90 Å². The molecule has 0 unspecified atom stereocenters. The second-order valence-electron chi connectivity index (χ2n) is 5.49. The van der Waals surface area contributed by atoms with Crippen LogP contribution in [0.5, 0.6) is 0 Å². The van der Waals surface area contributed by atoms with Gasteiger partial charge in [-0.3, -0.25) is 14.5 Å². The molecule has 1 aliphatic rings. The summed E-state index contributed by atoms with van der Waals surface area (Å²) in [6.07, 6.45) is 4.06. The molecule has 1 aliphatic heterocycles. The van der Waals surface area contributed by atoms with E-state index >= 15 is 0 Å². The Morgan fingerprint density at radius 1 is 1.39 bits per heavy atom. The van der Waals surface area contributed by atoms with Crippen molar-refractivity contribution in [2.75, 3.05) is 13.6 Å². The van der Waals surface area contributed by atoms with E-state index in [1.807, 2.05) is 20.9 Å². The van der Waals surface area contributed by atoms with E-state index < -0.39 is 11.9 Å². The van der Waals surface area contributed by atoms with Crippen molar-refractivity contribution in [3.05, 3.63) is 0 Å². The third kappa shape index (κ3) is 3.80. The maximum Gasteiger partial charge on any atom is 0.307 e. The normalized spacial score (nSPS) is 24.5. The fraction of sp³-hybridized carbons (Fsp3) is 0.857. The van der Waals surface area contributed by atoms with E-state index in [-0.39, 0.29) is 24.2 Å². The zero-order valence-corrected chi connectivity index (χ0v) is 11.7. The van der Waals surface area contributed by atoms with Gasteiger partial charge in [0, 0.05) is 6.42 Å². The first kappa shape index (κ1) is 15.2. The van der Waals surface area contributed by atoms with Crippen molar-refractivity contribution >= 4 is 11.8 Å². The van der Waals surface area contributed by atoms with Gasteiger partial charge >= 0.3 is 5.97 Å². The lowest BCUT2D eigenvalue weighted by atomic mass is 9.84. The molecule has 0 radical (unpaired) electrons. The van der Waals surface area contributed by atoms with Crippen LogP contribution in [-0.2, 0) is 9.59 Å². The topological polar surface area (TPSA) is 57.6 Å². The number of carbonyl (C=O) groups excluding carboxylic acids is 1. The Balaban J connectivity index is 2.63. The highest BCUT2D eigenvalue weighted by Crippen LogP contribution is 2.24. The lowest BCUT2D eigenvalue weighted by molar-refractivity contribution is -0.146. The van der Waals surface area contributed by atoms with Crippen molar-refractivity contribution in [2.24, 2.45) is 11.8 Å². The Morgan fingerprint density at radius 2 is 2.06 bits per heavy atom. The summed E-state index contributed by atoms with van der Waals surface area (Å²) in [4.78, 5) is 25.5. The molecule has 4 nitrogen and oxygen atoms in total. The molecular weight excluding hydrogens is 230 g/mol. The summed E-state index contributed by atoms with van der Waals surface area (Å²) in [5.41, 5.74) is 0. The van der Waals surface area contributed by atoms with Crippen molar-refractivity contribution in [2.45, 2.75) is 52.0 Å². The highest BCUT2D eigenvalue weighted by Gasteiger charge is 2.32. The quantitative estimate of drug-likeness (QED) is 0.790. The summed E-state index contributed by atoms with van der Waals surface area (Å²) >= 11 is 0. The maximum absolute atomic E-state index is 12.2. The predicted molar refractivity (Wildman–Crippen MR) is 70.5 cm³/mol. The molecule has 0 aromatic heterocycles. The van der Waals surface area contributed by atoms with E-state index in [0.29, 0.717) is 0 Å². The molecule has 0 aromatic carbocycles. The Hall–Kier alpha value is -0.900. The van der Waals surface area contributed by atoms with E-state index in [2.05, 4.69) is 4.90 Å². The molecule has 18 heavy (non-hydrogen) atoms. The Labute approximate surface area is 109 Å². The summed E-state index contributed by atoms with van der Waals surface area (Å²) in [7, 11) is 1.96. The lowest BCUT2D eigenvalue weighted by Gasteiger charge is -2.32. The monoisotopic (exact) mass is 255 g/mol. The molecule has 1 fully saturated rings. The van der Waals surface area contributed by atoms with Crippen LogP contribution in [0.15, 0.2) is 0 Å². The van der Waals surface area contributed by atoms with Crippen LogP contribution < -0.4 is 0 Å². The number of nitrogens with zero attached hydrogens (tertiary/aromatic N) is 1. The van der Waals surface area contributed by atoms with E-state index in [1.165, 1.54) is 0 Å². The zero-order valence-electron chi connectivity index (χ0n) is 11.7. The van der Waals surface area contributed by atoms with Crippen LogP contribution >= 0.6 is 0 Å². The molecule has 1 saturated heterocycles. The van der Waals surface area contributed by atoms with Crippen molar-refractivity contribution < 1.29 is 14.7 Å². The van der Waals surface area contributed by atoms with Crippen LogP contribution in [0.25, 0.3) is 0 Å². The third-order valence-electron chi connectivity index (χ3n) is 4.21. The fourth-order valence-electron chi connectivity index (χ4n) is 2.65. The second-order valence-corrected chi connectivity index (χ2v) is 5.49. The van der Waals surface area contributed by atoms with Crippen LogP contribution in [-0.4, -0.2) is 41.4 Å². The summed E-state index contributed by atoms with van der Waals surface area (Å²) in [5, 5.41) is 9.22. The van der Waals surface area contributed by atoms with Crippen LogP contribution in [0.3, 0.4) is 0 Å². The highest BCUT2D eigenvalue weighted by molar-refractivity contribution is 5.88. The molecule has 0 spiro atoms. The summed E-state index contributed by atoms with van der Waals surface area (Å²) in [6, 6.07) is -0.0651. The number of hydrogen-bond acceptors (Lipinski definition) is 3. The maximum atomic E-state index is 12.2. The molecule has 4 heteroatoms. The summed E-state index contributed by atoms with van der Waals surface area (Å²) < 4.78 is 0. The van der Waals surface area contributed by atoms with E-state index in [4.69, 9.17) is 0 Å². The molecule has 0 amide bonds. The molecule has 3 atom stereocenters. The Morgan fingerprint density at radius 3 is 2.56 bits per heavy atom. The lowest BCUT2D eigenvalue weighted by Crippen LogP contribution is -2.43. The molecule has 0 aliphatic carbocycles. The third-order valence-corrected chi connectivity index (χ3v) is 4.21. The number of rotatable bonds is 6. The minimum atomic E-state index is -0.837. The Kier molecular flexibility index (Phi) is 5.79. The van der Waals surface area contributed by atoms with Crippen LogP contribution in [0.2, 0.25) is 0 Å². The smallest absolute Gasteiger partial charge is 0.307 e. The van der Waals surface area contributed by atoms with Crippen molar-refractivity contribution in [3.63, 3.8) is 0 Å². The van der Waals surface area contributed by atoms with Gasteiger partial charge in [0.2, 0.25) is 0 Å². The number of hydrogen-bond donors (Lipinski definition) is 1. The number of Topliss-reactive ketones (excluding diaryl/α,β-unsaturated/α-hetero) is 1. The minimum absolute atomic E-state index is 0.0559. The van der Waals surface area contributed by atoms with Gasteiger partial charge in [0.05, 0.1) is 12.0 Å². The highest BCUT2D eigenvalue weighted by atomic mass is 16.4. The molecule has 1 rings (SSSR count). The number of likely N-dealkylation sites (tertiary alicyclic amines) is 1. The molecule has 0 saturated carbocycles. The molecule has 1 N–H and O–H groups in total. The van der Waals surface area contributed by atoms with Gasteiger partial charge in [-0.05, 0) is 32.4 Å². The summed E-state index contributed by atoms with van der Waals surface area (Å²) in [5.74, 6) is -1.21. The fourth-order valence-corrected chi connectivity index (χ4v) is 2.65. The van der Waals surface area contributed by atoms with Gasteiger partial charge in [0.1, 0.15) is 0 Å². The first-order valence-corrected chi connectivity index (χ1v) is 6.93. The number of likely N-dealkylation sites (N-methyl/N-ethyl adjacent to an activating group) is 1. The van der Waals surface area contributed by atoms with Crippen molar-refractivity contribution in [3.8, 4) is 0 Å². The molecule has 104 valence electrons. The average Bonchev–Trinajstić information content (AvgIpc) is 2.35. The van der Waals surface area contributed by atoms with Crippen molar-refractivity contribution in [1.29, 1.82) is 0 Å². The van der Waals surface area contributed by atoms with E-state index in [9.17, 15) is 14.7 Å². The second kappa shape index (κ2) is 6.88. The standard InChI is InChI=1S/C14H25NO3/c1-4-10(2)11(14(17)18)9-13(16)12-7-5-6-8-15(12)3/h10-12H,4-9H2,1-3H3,(H,17,18)/t10-,11-,12-/m0/s1. The van der Waals surface area contributed by atoms with Gasteiger partial charge in [0.15, 0.2) is 5.78 Å². The predicted octanol–water partition coefficient (Wildman–Crippen LogP) is 2.18. The van der Waals surface area contributed by atoms with Gasteiger partial charge in [-0.25, -0.2) is 0 Å². The number of ketones is 1. The number of carbonyl (C=O) groups is 2. The van der Waals surface area contributed by atoms with E-state index in [0.717, 1.165) is 32.2 Å². The van der Waals surface area contributed by atoms with Crippen LogP contribution in [0, 0.1) is 11.8 Å². The van der Waals surface area contributed by atoms with Gasteiger partial charge in [-0.2, -0.15) is 0 Å². The first-order chi connectivity index (χ1) is 8.47. The molecular formula is C14H25NO3. The number of carboxylic acid groups (broad SMARTS) is 1. The minimum Gasteiger partial charge on any atom is -0.481 e. The van der Waals surface area contributed by atoms with Gasteiger partial charge < -0.3 is 5.11 Å². The first-order valence-electron chi connectivity index (χ1n) is 6.93. The number of piperidine rings is 1. The van der Waals surface area contributed by atoms with Gasteiger partial charge in [-0.1, -0.05) is 26.7 Å². The zero-order chi connectivity index (χ0) is 13.7. The summed E-state index contributed by atoms with van der Waals surface area (Å²) in [6.45, 7) is 4.83. The largest absolute Gasteiger partial charge is 0.481 e. The Bertz CT molecular complexity index is 303. The van der Waals surface area contributed by atoms with Gasteiger partial charge in [0.25, 0.3) is 0 Å². The van der Waals surface area contributed by atoms with Crippen LogP contribution in [0.4, 0.5) is 0 Å². The number of carboxylic acids is 1. The SMILES string of the molecule is CC[C@H](C)[C@H](CC(=O)[C@@H]1CCCCN1C)C(=O)O. The van der Waals surface area contributed by atoms with E-state index in [1.54, 1.807) is 0 Å². The number of aliphatic carboxylic acids is 1. The van der Waals surface area contributed by atoms with Gasteiger partial charge in [-0.15, -0.1) is 0 Å². The van der Waals surface area contributed by atoms with Crippen LogP contribution in [0.1, 0.15) is 46.0 Å².